The van der Waals surface area contributed by atoms with Crippen LogP contribution in [0.3, 0.4) is 0 Å². The van der Waals surface area contributed by atoms with Crippen LogP contribution in [-0.4, -0.2) is 27.5 Å². The fraction of sp³-hybridized carbons (Fsp3) is 0.286. The smallest absolute Gasteiger partial charge is 0.309 e. The number of nitrogens with two attached hydrogens (primary N) is 2. The first kappa shape index (κ1) is 15.5. The number of rotatable bonds is 6. The number of hydrogen-bond acceptors (Lipinski definition) is 8. The van der Waals surface area contributed by atoms with Crippen molar-refractivity contribution in [3.8, 4) is 5.75 Å². The zero-order valence-electron chi connectivity index (χ0n) is 12.2. The summed E-state index contributed by atoms with van der Waals surface area (Å²) in [6.07, 6.45) is 0.115. The molecule has 0 bridgehead atoms. The second-order valence-electron chi connectivity index (χ2n) is 4.54. The van der Waals surface area contributed by atoms with Gasteiger partial charge in [0, 0.05) is 0 Å². The number of aryl methyl sites for hydroxylation is 1. The van der Waals surface area contributed by atoms with Gasteiger partial charge in [0.05, 0.1) is 13.0 Å². The summed E-state index contributed by atoms with van der Waals surface area (Å²) in [5.74, 6) is 0.469. The van der Waals surface area contributed by atoms with Crippen LogP contribution in [0.15, 0.2) is 24.3 Å². The van der Waals surface area contributed by atoms with E-state index in [1.807, 2.05) is 31.2 Å². The van der Waals surface area contributed by atoms with Crippen LogP contribution in [0, 0.1) is 6.92 Å². The maximum absolute atomic E-state index is 11.6. The number of benzene rings is 1. The lowest BCUT2D eigenvalue weighted by atomic mass is 10.2. The predicted molar refractivity (Wildman–Crippen MR) is 79.7 cm³/mol. The number of ether oxygens (including phenoxy) is 2. The Balaban J connectivity index is 1.74. The van der Waals surface area contributed by atoms with E-state index < -0.39 is 5.97 Å². The van der Waals surface area contributed by atoms with E-state index in [4.69, 9.17) is 20.9 Å². The lowest BCUT2D eigenvalue weighted by Crippen LogP contribution is -2.13. The SMILES string of the molecule is Cc1cccc(OCCC(=O)OCc2nc(N)nc(N)n2)c1. The van der Waals surface area contributed by atoms with Crippen LogP contribution in [0.25, 0.3) is 0 Å². The summed E-state index contributed by atoms with van der Waals surface area (Å²) in [4.78, 5) is 22.9. The Hall–Kier alpha value is -2.90. The molecular formula is C14H17N5O3. The first-order valence-corrected chi connectivity index (χ1v) is 6.64. The van der Waals surface area contributed by atoms with Gasteiger partial charge in [-0.1, -0.05) is 12.1 Å². The Labute approximate surface area is 127 Å². The third-order valence-corrected chi connectivity index (χ3v) is 2.64. The molecule has 0 radical (unpaired) electrons. The van der Waals surface area contributed by atoms with E-state index >= 15 is 0 Å². The van der Waals surface area contributed by atoms with Gasteiger partial charge in [0.2, 0.25) is 11.9 Å². The monoisotopic (exact) mass is 303 g/mol. The standard InChI is InChI=1S/C14H17N5O3/c1-9-3-2-4-10(7-9)21-6-5-12(20)22-8-11-17-13(15)19-14(16)18-11/h2-4,7H,5-6,8H2,1H3,(H4,15,16,17,18,19). The molecule has 0 unspecified atom stereocenters. The van der Waals surface area contributed by atoms with Crippen LogP contribution in [0.2, 0.25) is 0 Å². The van der Waals surface area contributed by atoms with E-state index in [9.17, 15) is 4.79 Å². The number of nitrogens with zero attached hydrogens (tertiary/aromatic N) is 3. The summed E-state index contributed by atoms with van der Waals surface area (Å²) in [6, 6.07) is 7.57. The Bertz CT molecular complexity index is 642. The van der Waals surface area contributed by atoms with Gasteiger partial charge in [-0.05, 0) is 24.6 Å². The summed E-state index contributed by atoms with van der Waals surface area (Å²) in [5.41, 5.74) is 11.9. The molecule has 2 rings (SSSR count). The maximum atomic E-state index is 11.6. The minimum Gasteiger partial charge on any atom is -0.493 e. The number of aromatic nitrogens is 3. The third-order valence-electron chi connectivity index (χ3n) is 2.64. The summed E-state index contributed by atoms with van der Waals surface area (Å²) in [6.45, 7) is 2.08. The van der Waals surface area contributed by atoms with Crippen molar-refractivity contribution in [1.29, 1.82) is 0 Å². The molecule has 1 heterocycles. The number of hydrogen-bond donors (Lipinski definition) is 2. The van der Waals surface area contributed by atoms with Gasteiger partial charge in [-0.3, -0.25) is 4.79 Å². The molecule has 1 aromatic carbocycles. The Morgan fingerprint density at radius 1 is 1.18 bits per heavy atom. The van der Waals surface area contributed by atoms with Crippen LogP contribution in [0.1, 0.15) is 17.8 Å². The minimum absolute atomic E-state index is 0.0127. The topological polar surface area (TPSA) is 126 Å². The van der Waals surface area contributed by atoms with Crippen LogP contribution >= 0.6 is 0 Å². The molecule has 22 heavy (non-hydrogen) atoms. The van der Waals surface area contributed by atoms with Crippen molar-refractivity contribution in [3.63, 3.8) is 0 Å². The summed E-state index contributed by atoms with van der Waals surface area (Å²) >= 11 is 0. The fourth-order valence-corrected chi connectivity index (χ4v) is 1.70. The molecule has 8 nitrogen and oxygen atoms in total. The molecule has 0 spiro atoms. The predicted octanol–water partition coefficient (Wildman–Crippen LogP) is 0.857. The van der Waals surface area contributed by atoms with Gasteiger partial charge in [-0.2, -0.15) is 15.0 Å². The highest BCUT2D eigenvalue weighted by molar-refractivity contribution is 5.69. The van der Waals surface area contributed by atoms with E-state index in [2.05, 4.69) is 15.0 Å². The van der Waals surface area contributed by atoms with Crippen molar-refractivity contribution in [1.82, 2.24) is 15.0 Å². The number of carbonyl (C=O) groups excluding carboxylic acids is 1. The van der Waals surface area contributed by atoms with Crippen molar-refractivity contribution in [2.24, 2.45) is 0 Å². The molecule has 0 aliphatic rings. The fourth-order valence-electron chi connectivity index (χ4n) is 1.70. The highest BCUT2D eigenvalue weighted by Crippen LogP contribution is 2.12. The zero-order chi connectivity index (χ0) is 15.9. The molecule has 0 aliphatic carbocycles. The van der Waals surface area contributed by atoms with E-state index in [-0.39, 0.29) is 37.4 Å². The van der Waals surface area contributed by atoms with E-state index in [0.717, 1.165) is 5.56 Å². The highest BCUT2D eigenvalue weighted by Gasteiger charge is 2.07. The number of nitrogen functional groups attached to an aromatic ring is 2. The van der Waals surface area contributed by atoms with Crippen molar-refractivity contribution in [2.45, 2.75) is 20.0 Å². The van der Waals surface area contributed by atoms with E-state index in [1.165, 1.54) is 0 Å². The molecule has 2 aromatic rings. The number of carbonyl (C=O) groups is 1. The second-order valence-corrected chi connectivity index (χ2v) is 4.54. The molecule has 4 N–H and O–H groups in total. The van der Waals surface area contributed by atoms with Crippen molar-refractivity contribution >= 4 is 17.9 Å². The van der Waals surface area contributed by atoms with Crippen LogP contribution in [0.4, 0.5) is 11.9 Å². The molecule has 0 aliphatic heterocycles. The van der Waals surface area contributed by atoms with Gasteiger partial charge >= 0.3 is 5.97 Å². The first-order chi connectivity index (χ1) is 10.5. The number of esters is 1. The number of anilines is 2. The van der Waals surface area contributed by atoms with Gasteiger partial charge in [0.25, 0.3) is 0 Å². The summed E-state index contributed by atoms with van der Waals surface area (Å²) < 4.78 is 10.5. The molecule has 8 heteroatoms. The molecule has 0 saturated carbocycles. The first-order valence-electron chi connectivity index (χ1n) is 6.64. The normalized spacial score (nSPS) is 10.2. The van der Waals surface area contributed by atoms with Crippen LogP contribution in [-0.2, 0) is 16.1 Å². The molecule has 1 aromatic heterocycles. The van der Waals surface area contributed by atoms with Crippen molar-refractivity contribution in [2.75, 3.05) is 18.1 Å². The van der Waals surface area contributed by atoms with E-state index in [1.54, 1.807) is 0 Å². The molecule has 0 atom stereocenters. The van der Waals surface area contributed by atoms with Crippen LogP contribution in [0.5, 0.6) is 5.75 Å². The largest absolute Gasteiger partial charge is 0.493 e. The van der Waals surface area contributed by atoms with Gasteiger partial charge in [-0.25, -0.2) is 0 Å². The molecule has 0 saturated heterocycles. The maximum Gasteiger partial charge on any atom is 0.309 e. The Morgan fingerprint density at radius 2 is 1.91 bits per heavy atom. The Morgan fingerprint density at radius 3 is 2.59 bits per heavy atom. The molecule has 116 valence electrons. The van der Waals surface area contributed by atoms with Gasteiger partial charge in [-0.15, -0.1) is 0 Å². The lowest BCUT2D eigenvalue weighted by Gasteiger charge is -2.07. The average molecular weight is 303 g/mol. The second kappa shape index (κ2) is 7.21. The van der Waals surface area contributed by atoms with E-state index in [0.29, 0.717) is 5.75 Å². The molecular weight excluding hydrogens is 286 g/mol. The van der Waals surface area contributed by atoms with Crippen molar-refractivity contribution in [3.05, 3.63) is 35.7 Å². The van der Waals surface area contributed by atoms with Gasteiger partial charge < -0.3 is 20.9 Å². The molecule has 0 fully saturated rings. The van der Waals surface area contributed by atoms with Crippen LogP contribution < -0.4 is 16.2 Å². The van der Waals surface area contributed by atoms with Gasteiger partial charge in [0.1, 0.15) is 5.75 Å². The third kappa shape index (κ3) is 4.89. The minimum atomic E-state index is -0.426. The average Bonchev–Trinajstić information content (AvgIpc) is 2.44. The summed E-state index contributed by atoms with van der Waals surface area (Å²) in [7, 11) is 0. The molecule has 0 amide bonds. The summed E-state index contributed by atoms with van der Waals surface area (Å²) in [5, 5.41) is 0. The zero-order valence-corrected chi connectivity index (χ0v) is 12.2. The lowest BCUT2D eigenvalue weighted by molar-refractivity contribution is -0.145. The quantitative estimate of drug-likeness (QED) is 0.752. The van der Waals surface area contributed by atoms with Gasteiger partial charge in [0.15, 0.2) is 12.4 Å². The Kier molecular flexibility index (Phi) is 5.07. The van der Waals surface area contributed by atoms with Crippen molar-refractivity contribution < 1.29 is 14.3 Å². The highest BCUT2D eigenvalue weighted by atomic mass is 16.5.